The maximum atomic E-state index is 12.9. The molecule has 1 aliphatic heterocycles. The monoisotopic (exact) mass is 395 g/mol. The van der Waals surface area contributed by atoms with Gasteiger partial charge in [0, 0.05) is 49.2 Å². The predicted molar refractivity (Wildman–Crippen MR) is 110 cm³/mol. The van der Waals surface area contributed by atoms with Gasteiger partial charge in [0.05, 0.1) is 5.69 Å². The van der Waals surface area contributed by atoms with Crippen LogP contribution in [0.3, 0.4) is 0 Å². The van der Waals surface area contributed by atoms with Crippen molar-refractivity contribution in [2.45, 2.75) is 38.8 Å². The summed E-state index contributed by atoms with van der Waals surface area (Å²) in [5.74, 6) is 0.785. The van der Waals surface area contributed by atoms with Crippen LogP contribution in [0, 0.1) is 6.92 Å². The van der Waals surface area contributed by atoms with Crippen LogP contribution >= 0.6 is 11.3 Å². The third-order valence-electron chi connectivity index (χ3n) is 5.83. The number of rotatable bonds is 5. The first-order chi connectivity index (χ1) is 13.7. The predicted octanol–water partition coefficient (Wildman–Crippen LogP) is 3.02. The fourth-order valence-electron chi connectivity index (χ4n) is 4.16. The van der Waals surface area contributed by atoms with Gasteiger partial charge in [0.1, 0.15) is 6.54 Å². The van der Waals surface area contributed by atoms with E-state index in [2.05, 4.69) is 38.6 Å². The van der Waals surface area contributed by atoms with E-state index in [0.717, 1.165) is 49.5 Å². The minimum absolute atomic E-state index is 0.138. The molecule has 1 saturated heterocycles. The maximum Gasteiger partial charge on any atom is 0.244 e. The number of nitrogens with zero attached hydrogens (tertiary/aromatic N) is 5. The van der Waals surface area contributed by atoms with E-state index in [9.17, 15) is 4.79 Å². The summed E-state index contributed by atoms with van der Waals surface area (Å²) < 4.78 is 1.80. The number of carbonyl (C=O) groups is 1. The molecule has 0 aromatic carbocycles. The van der Waals surface area contributed by atoms with Crippen molar-refractivity contribution in [2.24, 2.45) is 0 Å². The van der Waals surface area contributed by atoms with Crippen LogP contribution in [0.15, 0.2) is 29.8 Å². The molecule has 1 aliphatic carbocycles. The van der Waals surface area contributed by atoms with Crippen LogP contribution in [0.1, 0.15) is 34.9 Å². The third-order valence-corrected chi connectivity index (χ3v) is 6.69. The molecule has 0 N–H and O–H groups in total. The van der Waals surface area contributed by atoms with Crippen molar-refractivity contribution in [3.05, 3.63) is 45.9 Å². The average Bonchev–Trinajstić information content (AvgIpc) is 3.35. The number of hydrogen-bond acceptors (Lipinski definition) is 5. The molecule has 0 unspecified atom stereocenters. The van der Waals surface area contributed by atoms with Crippen molar-refractivity contribution >= 4 is 28.3 Å². The lowest BCUT2D eigenvalue weighted by Crippen LogP contribution is -2.49. The van der Waals surface area contributed by atoms with Crippen molar-refractivity contribution in [2.75, 3.05) is 26.2 Å². The first-order valence-electron chi connectivity index (χ1n) is 10.0. The Hall–Kier alpha value is -2.25. The summed E-state index contributed by atoms with van der Waals surface area (Å²) >= 11 is 1.80. The number of amides is 1. The number of hydrogen-bond donors (Lipinski definition) is 0. The Morgan fingerprint density at radius 2 is 2.04 bits per heavy atom. The van der Waals surface area contributed by atoms with E-state index in [4.69, 9.17) is 0 Å². The summed E-state index contributed by atoms with van der Waals surface area (Å²) in [4.78, 5) is 23.2. The Bertz CT molecular complexity index is 984. The highest BCUT2D eigenvalue weighted by atomic mass is 32.1. The van der Waals surface area contributed by atoms with Gasteiger partial charge in [-0.3, -0.25) is 9.69 Å². The lowest BCUT2D eigenvalue weighted by Gasteiger charge is -2.34. The van der Waals surface area contributed by atoms with Gasteiger partial charge in [0.15, 0.2) is 5.65 Å². The summed E-state index contributed by atoms with van der Waals surface area (Å²) in [6, 6.07) is 6.39. The molecule has 4 heterocycles. The molecule has 5 rings (SSSR count). The Balaban J connectivity index is 1.26. The molecule has 2 aliphatic rings. The zero-order valence-corrected chi connectivity index (χ0v) is 17.0. The van der Waals surface area contributed by atoms with E-state index >= 15 is 0 Å². The molecular weight excluding hydrogens is 370 g/mol. The summed E-state index contributed by atoms with van der Waals surface area (Å²) in [5.41, 5.74) is 3.19. The number of aryl methyl sites for hydroxylation is 1. The fourth-order valence-corrected chi connectivity index (χ4v) is 4.91. The lowest BCUT2D eigenvalue weighted by atomic mass is 10.1. The van der Waals surface area contributed by atoms with E-state index in [0.29, 0.717) is 5.92 Å². The minimum atomic E-state index is 0.138. The summed E-state index contributed by atoms with van der Waals surface area (Å²) in [7, 11) is 0. The zero-order chi connectivity index (χ0) is 19.1. The molecule has 1 amide bonds. The quantitative estimate of drug-likeness (QED) is 0.666. The van der Waals surface area contributed by atoms with Crippen molar-refractivity contribution < 1.29 is 4.79 Å². The topological polar surface area (TPSA) is 54.3 Å². The molecule has 3 aromatic heterocycles. The molecule has 2 fully saturated rings. The normalized spacial score (nSPS) is 18.1. The molecule has 0 spiro atoms. The van der Waals surface area contributed by atoms with Crippen LogP contribution in [-0.4, -0.2) is 56.7 Å². The van der Waals surface area contributed by atoms with E-state index in [1.54, 1.807) is 16.0 Å². The summed E-state index contributed by atoms with van der Waals surface area (Å²) in [6.45, 7) is 6.69. The van der Waals surface area contributed by atoms with Gasteiger partial charge >= 0.3 is 0 Å². The first-order valence-corrected chi connectivity index (χ1v) is 10.9. The van der Waals surface area contributed by atoms with Gasteiger partial charge in [0.2, 0.25) is 5.91 Å². The van der Waals surface area contributed by atoms with Crippen LogP contribution in [0.4, 0.5) is 0 Å². The highest BCUT2D eigenvalue weighted by molar-refractivity contribution is 7.09. The van der Waals surface area contributed by atoms with Gasteiger partial charge in [-0.05, 0) is 48.8 Å². The standard InChI is InChI=1S/C21H25N5OS/c1-15-20-18(16-4-5-16)6-7-22-21(20)26(23-15)14-19(27)25-10-8-24(9-11-25)13-17-3-2-12-28-17/h2-3,6-7,12,16H,4-5,8-11,13-14H2,1H3. The van der Waals surface area contributed by atoms with Crippen LogP contribution in [0.25, 0.3) is 11.0 Å². The third kappa shape index (κ3) is 3.44. The molecule has 146 valence electrons. The largest absolute Gasteiger partial charge is 0.339 e. The van der Waals surface area contributed by atoms with Crippen molar-refractivity contribution in [3.8, 4) is 0 Å². The van der Waals surface area contributed by atoms with Crippen molar-refractivity contribution in [3.63, 3.8) is 0 Å². The molecule has 3 aromatic rings. The molecule has 7 heteroatoms. The van der Waals surface area contributed by atoms with E-state index < -0.39 is 0 Å². The van der Waals surface area contributed by atoms with Crippen LogP contribution in [0.5, 0.6) is 0 Å². The second kappa shape index (κ2) is 7.29. The Labute approximate surface area is 168 Å². The summed E-state index contributed by atoms with van der Waals surface area (Å²) in [6.07, 6.45) is 4.36. The van der Waals surface area contributed by atoms with Gasteiger partial charge < -0.3 is 4.90 Å². The number of thiophene rings is 1. The first kappa shape index (κ1) is 17.8. The van der Waals surface area contributed by atoms with Gasteiger partial charge in [-0.2, -0.15) is 5.10 Å². The minimum Gasteiger partial charge on any atom is -0.339 e. The zero-order valence-electron chi connectivity index (χ0n) is 16.2. The van der Waals surface area contributed by atoms with E-state index in [1.165, 1.54) is 23.3 Å². The molecule has 0 bridgehead atoms. The number of fused-ring (bicyclic) bond motifs is 1. The molecule has 0 atom stereocenters. The second-order valence-corrected chi connectivity index (χ2v) is 8.88. The van der Waals surface area contributed by atoms with Gasteiger partial charge in [-0.1, -0.05) is 6.07 Å². The van der Waals surface area contributed by atoms with Crippen LogP contribution < -0.4 is 0 Å². The number of pyridine rings is 1. The van der Waals surface area contributed by atoms with Crippen LogP contribution in [-0.2, 0) is 17.9 Å². The van der Waals surface area contributed by atoms with Crippen LogP contribution in [0.2, 0.25) is 0 Å². The van der Waals surface area contributed by atoms with Crippen molar-refractivity contribution in [1.82, 2.24) is 24.6 Å². The number of piperazine rings is 1. The van der Waals surface area contributed by atoms with E-state index in [-0.39, 0.29) is 12.5 Å². The van der Waals surface area contributed by atoms with Gasteiger partial charge in [-0.25, -0.2) is 9.67 Å². The molecule has 1 saturated carbocycles. The lowest BCUT2D eigenvalue weighted by molar-refractivity contribution is -0.133. The molecular formula is C21H25N5OS. The Kier molecular flexibility index (Phi) is 4.64. The molecule has 28 heavy (non-hydrogen) atoms. The number of carbonyl (C=O) groups excluding carboxylic acids is 1. The molecule has 6 nitrogen and oxygen atoms in total. The van der Waals surface area contributed by atoms with Crippen molar-refractivity contribution in [1.29, 1.82) is 0 Å². The smallest absolute Gasteiger partial charge is 0.244 e. The molecule has 0 radical (unpaired) electrons. The van der Waals surface area contributed by atoms with Gasteiger partial charge in [-0.15, -0.1) is 11.3 Å². The second-order valence-electron chi connectivity index (χ2n) is 7.85. The Morgan fingerprint density at radius 3 is 2.75 bits per heavy atom. The average molecular weight is 396 g/mol. The Morgan fingerprint density at radius 1 is 1.21 bits per heavy atom. The maximum absolute atomic E-state index is 12.9. The van der Waals surface area contributed by atoms with Gasteiger partial charge in [0.25, 0.3) is 0 Å². The number of aromatic nitrogens is 3. The highest BCUT2D eigenvalue weighted by Crippen LogP contribution is 2.43. The highest BCUT2D eigenvalue weighted by Gasteiger charge is 2.28. The SMILES string of the molecule is Cc1nn(CC(=O)N2CCN(Cc3cccs3)CC2)c2nccc(C3CC3)c12. The fraction of sp³-hybridized carbons (Fsp3) is 0.476. The summed E-state index contributed by atoms with van der Waals surface area (Å²) in [5, 5.41) is 7.93. The van der Waals surface area contributed by atoms with E-state index in [1.807, 2.05) is 18.0 Å².